The molecule has 1 aromatic carbocycles. The molecule has 4 N–H and O–H groups in total. The Morgan fingerprint density at radius 3 is 2.38 bits per heavy atom. The number of thiocarbonyl (C=S) groups is 2. The lowest BCUT2D eigenvalue weighted by Crippen LogP contribution is -2.52. The second-order valence-electron chi connectivity index (χ2n) is 5.41. The van der Waals surface area contributed by atoms with Crippen molar-refractivity contribution < 1.29 is 0 Å². The maximum Gasteiger partial charge on any atom is 0.189 e. The Morgan fingerprint density at radius 2 is 1.67 bits per heavy atom. The van der Waals surface area contributed by atoms with Crippen LogP contribution in [-0.2, 0) is 0 Å². The van der Waals surface area contributed by atoms with Crippen molar-refractivity contribution in [1.82, 2.24) is 16.2 Å². The minimum Gasteiger partial charge on any atom is -0.358 e. The Hall–Kier alpha value is -1.40. The Bertz CT molecular complexity index is 478. The molecule has 1 aromatic rings. The Kier molecular flexibility index (Phi) is 6.20. The lowest BCUT2D eigenvalue weighted by Gasteiger charge is -2.30. The van der Waals surface area contributed by atoms with Gasteiger partial charge in [0.25, 0.3) is 0 Å². The van der Waals surface area contributed by atoms with E-state index in [0.29, 0.717) is 22.2 Å². The van der Waals surface area contributed by atoms with Crippen molar-refractivity contribution >= 4 is 40.3 Å². The molecule has 2 rings (SSSR count). The van der Waals surface area contributed by atoms with Crippen molar-refractivity contribution in [2.75, 3.05) is 5.32 Å². The van der Waals surface area contributed by atoms with Crippen molar-refractivity contribution in [2.45, 2.75) is 38.6 Å². The molecule has 0 bridgehead atoms. The van der Waals surface area contributed by atoms with E-state index in [0.717, 1.165) is 5.69 Å². The van der Waals surface area contributed by atoms with E-state index in [1.807, 2.05) is 30.3 Å². The highest BCUT2D eigenvalue weighted by Crippen LogP contribution is 2.23. The van der Waals surface area contributed by atoms with Crippen molar-refractivity contribution in [3.63, 3.8) is 0 Å². The number of benzene rings is 1. The SMILES string of the molecule is C[C@H]1CCCC[C@@H]1NC(=S)NNC(=S)Nc1ccccc1. The molecule has 0 saturated heterocycles. The maximum absolute atomic E-state index is 5.30. The number of nitrogens with one attached hydrogen (secondary N) is 4. The zero-order valence-electron chi connectivity index (χ0n) is 12.2. The third-order valence-corrected chi connectivity index (χ3v) is 4.17. The van der Waals surface area contributed by atoms with Crippen LogP contribution in [0.4, 0.5) is 5.69 Å². The number of hydrogen-bond acceptors (Lipinski definition) is 2. The molecule has 114 valence electrons. The molecule has 0 heterocycles. The van der Waals surface area contributed by atoms with Gasteiger partial charge in [-0.2, -0.15) is 0 Å². The summed E-state index contributed by atoms with van der Waals surface area (Å²) in [6.07, 6.45) is 5.03. The molecular weight excluding hydrogens is 300 g/mol. The monoisotopic (exact) mass is 322 g/mol. The third-order valence-electron chi connectivity index (χ3n) is 3.75. The fraction of sp³-hybridized carbons (Fsp3) is 0.467. The fourth-order valence-electron chi connectivity index (χ4n) is 2.53. The molecule has 0 aromatic heterocycles. The van der Waals surface area contributed by atoms with Crippen LogP contribution < -0.4 is 21.5 Å². The Balaban J connectivity index is 1.69. The molecule has 0 unspecified atom stereocenters. The Morgan fingerprint density at radius 1 is 1.00 bits per heavy atom. The molecule has 0 amide bonds. The molecule has 4 nitrogen and oxygen atoms in total. The highest BCUT2D eigenvalue weighted by Gasteiger charge is 2.21. The molecule has 1 aliphatic carbocycles. The van der Waals surface area contributed by atoms with Crippen LogP contribution in [0.25, 0.3) is 0 Å². The maximum atomic E-state index is 5.30. The minimum atomic E-state index is 0.455. The van der Waals surface area contributed by atoms with Gasteiger partial charge in [-0.15, -0.1) is 0 Å². The van der Waals surface area contributed by atoms with E-state index in [2.05, 4.69) is 28.4 Å². The summed E-state index contributed by atoms with van der Waals surface area (Å²) in [4.78, 5) is 0. The van der Waals surface area contributed by atoms with Gasteiger partial charge >= 0.3 is 0 Å². The van der Waals surface area contributed by atoms with E-state index >= 15 is 0 Å². The number of rotatable bonds is 2. The summed E-state index contributed by atoms with van der Waals surface area (Å²) in [5, 5.41) is 7.52. The van der Waals surface area contributed by atoms with Crippen LogP contribution in [0.5, 0.6) is 0 Å². The first kappa shape index (κ1) is 16.0. The number of para-hydroxylation sites is 1. The zero-order valence-corrected chi connectivity index (χ0v) is 13.8. The molecule has 2 atom stereocenters. The predicted molar refractivity (Wildman–Crippen MR) is 96.1 cm³/mol. The lowest BCUT2D eigenvalue weighted by molar-refractivity contribution is 0.308. The Labute approximate surface area is 137 Å². The van der Waals surface area contributed by atoms with Gasteiger partial charge in [-0.05, 0) is 55.3 Å². The molecule has 0 radical (unpaired) electrons. The summed E-state index contributed by atoms with van der Waals surface area (Å²) in [6.45, 7) is 2.27. The second-order valence-corrected chi connectivity index (χ2v) is 6.23. The summed E-state index contributed by atoms with van der Waals surface area (Å²) >= 11 is 10.5. The smallest absolute Gasteiger partial charge is 0.189 e. The summed E-state index contributed by atoms with van der Waals surface area (Å²) in [6, 6.07) is 10.2. The van der Waals surface area contributed by atoms with Crippen molar-refractivity contribution in [2.24, 2.45) is 5.92 Å². The average molecular weight is 323 g/mol. The van der Waals surface area contributed by atoms with Crippen LogP contribution in [0.1, 0.15) is 32.6 Å². The average Bonchev–Trinajstić information content (AvgIpc) is 2.49. The van der Waals surface area contributed by atoms with E-state index in [4.69, 9.17) is 24.4 Å². The van der Waals surface area contributed by atoms with Gasteiger partial charge in [-0.1, -0.05) is 38.0 Å². The van der Waals surface area contributed by atoms with E-state index in [9.17, 15) is 0 Å². The first-order valence-electron chi connectivity index (χ1n) is 7.33. The van der Waals surface area contributed by atoms with Crippen LogP contribution in [0.15, 0.2) is 30.3 Å². The van der Waals surface area contributed by atoms with Gasteiger partial charge in [-0.3, -0.25) is 10.9 Å². The second kappa shape index (κ2) is 8.14. The first-order chi connectivity index (χ1) is 10.1. The van der Waals surface area contributed by atoms with Crippen molar-refractivity contribution in [3.8, 4) is 0 Å². The van der Waals surface area contributed by atoms with Crippen molar-refractivity contribution in [3.05, 3.63) is 30.3 Å². The lowest BCUT2D eigenvalue weighted by atomic mass is 9.86. The van der Waals surface area contributed by atoms with Gasteiger partial charge in [-0.25, -0.2) is 0 Å². The van der Waals surface area contributed by atoms with E-state index in [-0.39, 0.29) is 0 Å². The first-order valence-corrected chi connectivity index (χ1v) is 8.15. The molecule has 0 aliphatic heterocycles. The van der Waals surface area contributed by atoms with E-state index in [1.54, 1.807) is 0 Å². The van der Waals surface area contributed by atoms with Crippen LogP contribution in [0.2, 0.25) is 0 Å². The predicted octanol–water partition coefficient (Wildman–Crippen LogP) is 2.93. The normalized spacial score (nSPS) is 21.2. The molecule has 1 saturated carbocycles. The van der Waals surface area contributed by atoms with E-state index in [1.165, 1.54) is 25.7 Å². The highest BCUT2D eigenvalue weighted by molar-refractivity contribution is 7.80. The van der Waals surface area contributed by atoms with Gasteiger partial charge in [0.2, 0.25) is 0 Å². The number of hydrazine groups is 1. The zero-order chi connectivity index (χ0) is 15.1. The summed E-state index contributed by atoms with van der Waals surface area (Å²) in [5.74, 6) is 0.660. The minimum absolute atomic E-state index is 0.455. The number of anilines is 1. The molecule has 21 heavy (non-hydrogen) atoms. The fourth-order valence-corrected chi connectivity index (χ4v) is 2.90. The molecule has 1 fully saturated rings. The van der Waals surface area contributed by atoms with Crippen LogP contribution in [0, 0.1) is 5.92 Å². The van der Waals surface area contributed by atoms with Gasteiger partial charge < -0.3 is 10.6 Å². The van der Waals surface area contributed by atoms with Gasteiger partial charge in [0, 0.05) is 11.7 Å². The molecular formula is C15H22N4S2. The van der Waals surface area contributed by atoms with Gasteiger partial charge in [0.1, 0.15) is 0 Å². The van der Waals surface area contributed by atoms with Crippen LogP contribution >= 0.6 is 24.4 Å². The summed E-state index contributed by atoms with van der Waals surface area (Å²) in [5.41, 5.74) is 6.78. The summed E-state index contributed by atoms with van der Waals surface area (Å²) in [7, 11) is 0. The van der Waals surface area contributed by atoms with Crippen molar-refractivity contribution in [1.29, 1.82) is 0 Å². The summed E-state index contributed by atoms with van der Waals surface area (Å²) < 4.78 is 0. The largest absolute Gasteiger partial charge is 0.358 e. The van der Waals surface area contributed by atoms with Gasteiger partial charge in [0.05, 0.1) is 0 Å². The highest BCUT2D eigenvalue weighted by atomic mass is 32.1. The third kappa shape index (κ3) is 5.47. The molecule has 0 spiro atoms. The molecule has 1 aliphatic rings. The topological polar surface area (TPSA) is 48.1 Å². The van der Waals surface area contributed by atoms with Gasteiger partial charge in [0.15, 0.2) is 10.2 Å². The number of hydrogen-bond donors (Lipinski definition) is 4. The standard InChI is InChI=1S/C15H22N4S2/c1-11-7-5-6-10-13(11)17-15(21)19-18-14(20)16-12-8-3-2-4-9-12/h2-4,8-9,11,13H,5-7,10H2,1H3,(H2,16,18,20)(H2,17,19,21)/t11-,13-/m0/s1. The van der Waals surface area contributed by atoms with Crippen LogP contribution in [-0.4, -0.2) is 16.3 Å². The van der Waals surface area contributed by atoms with Crippen LogP contribution in [0.3, 0.4) is 0 Å². The molecule has 6 heteroatoms. The quantitative estimate of drug-likeness (QED) is 0.496. The van der Waals surface area contributed by atoms with E-state index < -0.39 is 0 Å².